The fraction of sp³-hybridized carbons (Fsp3) is 0.375. The molecule has 1 aromatic carbocycles. The number of hydrogen-bond acceptors (Lipinski definition) is 5. The minimum Gasteiger partial charge on any atom is -0.468 e. The molecule has 0 fully saturated rings. The van der Waals surface area contributed by atoms with Crippen LogP contribution in [0.15, 0.2) is 47.9 Å². The predicted octanol–water partition coefficient (Wildman–Crippen LogP) is 4.75. The largest absolute Gasteiger partial charge is 0.468 e. The molecular weight excluding hydrogens is 466 g/mol. The second kappa shape index (κ2) is 10.4. The number of nitrogens with zero attached hydrogens (tertiary/aromatic N) is 3. The molecule has 3 aromatic rings. The first kappa shape index (κ1) is 23.9. The van der Waals surface area contributed by atoms with Crippen molar-refractivity contribution in [3.63, 3.8) is 0 Å². The number of aromatic nitrogens is 2. The Morgan fingerprint density at radius 1 is 1.35 bits per heavy atom. The van der Waals surface area contributed by atoms with Crippen LogP contribution in [0.3, 0.4) is 0 Å². The smallest absolute Gasteiger partial charge is 0.237 e. The van der Waals surface area contributed by atoms with E-state index < -0.39 is 31.5 Å². The SMILES string of the molecule is CC1CCC(c2cccc3c2ccn3CC(N)=O)=NOC1c1cnc(OC(CF)CF)c(Cl)c1. The Morgan fingerprint density at radius 3 is 2.85 bits per heavy atom. The molecule has 1 aliphatic rings. The van der Waals surface area contributed by atoms with Gasteiger partial charge in [0.25, 0.3) is 0 Å². The number of primary amides is 1. The van der Waals surface area contributed by atoms with Crippen LogP contribution in [0.5, 0.6) is 5.88 Å². The Morgan fingerprint density at radius 2 is 2.15 bits per heavy atom. The fourth-order valence-electron chi connectivity index (χ4n) is 4.08. The van der Waals surface area contributed by atoms with Gasteiger partial charge in [0.1, 0.15) is 24.9 Å². The van der Waals surface area contributed by atoms with Crippen LogP contribution in [0.25, 0.3) is 10.9 Å². The number of nitrogens with two attached hydrogens (primary N) is 1. The number of hydrogen-bond donors (Lipinski definition) is 1. The summed E-state index contributed by atoms with van der Waals surface area (Å²) in [6.45, 7) is 0.192. The van der Waals surface area contributed by atoms with E-state index in [0.29, 0.717) is 12.0 Å². The van der Waals surface area contributed by atoms with Gasteiger partial charge in [0.15, 0.2) is 12.2 Å². The third kappa shape index (κ3) is 4.99. The first-order valence-electron chi connectivity index (χ1n) is 10.9. The molecule has 4 rings (SSSR count). The average molecular weight is 491 g/mol. The lowest BCUT2D eigenvalue weighted by Crippen LogP contribution is -2.22. The van der Waals surface area contributed by atoms with E-state index in [2.05, 4.69) is 10.1 Å². The summed E-state index contributed by atoms with van der Waals surface area (Å²) in [5, 5.41) is 5.57. The molecule has 2 unspecified atom stereocenters. The summed E-state index contributed by atoms with van der Waals surface area (Å²) >= 11 is 6.26. The Kier molecular flexibility index (Phi) is 7.31. The minimum atomic E-state index is -1.24. The molecule has 1 aliphatic heterocycles. The highest BCUT2D eigenvalue weighted by molar-refractivity contribution is 6.31. The molecule has 180 valence electrons. The standard InChI is InChI=1S/C24H25ClF2N4O3/c1-14-5-6-20(17-3-2-4-21-18(17)7-8-31(21)13-22(28)32)30-34-23(14)15-9-19(25)24(29-12-15)33-16(10-26)11-27/h2-4,7-9,12,14,16,23H,5-6,10-11,13H2,1H3,(H2,28,32). The van der Waals surface area contributed by atoms with Gasteiger partial charge < -0.3 is 19.9 Å². The number of benzene rings is 1. The topological polar surface area (TPSA) is 91.7 Å². The maximum absolute atomic E-state index is 12.8. The lowest BCUT2D eigenvalue weighted by atomic mass is 9.92. The van der Waals surface area contributed by atoms with Gasteiger partial charge in [0, 0.05) is 40.3 Å². The monoisotopic (exact) mass is 490 g/mol. The van der Waals surface area contributed by atoms with Crippen molar-refractivity contribution in [3.05, 3.63) is 58.9 Å². The van der Waals surface area contributed by atoms with Crippen molar-refractivity contribution in [2.24, 2.45) is 16.8 Å². The minimum absolute atomic E-state index is 0.0247. The van der Waals surface area contributed by atoms with Gasteiger partial charge in [-0.15, -0.1) is 0 Å². The number of fused-ring (bicyclic) bond motifs is 1. The summed E-state index contributed by atoms with van der Waals surface area (Å²) < 4.78 is 32.6. The summed E-state index contributed by atoms with van der Waals surface area (Å²) in [4.78, 5) is 21.5. The summed E-state index contributed by atoms with van der Waals surface area (Å²) in [5.41, 5.74) is 8.66. The van der Waals surface area contributed by atoms with E-state index in [4.69, 9.17) is 26.9 Å². The van der Waals surface area contributed by atoms with E-state index in [1.807, 2.05) is 37.4 Å². The number of halogens is 3. The van der Waals surface area contributed by atoms with Crippen LogP contribution in [-0.2, 0) is 16.2 Å². The Bertz CT molecular complexity index is 1210. The lowest BCUT2D eigenvalue weighted by molar-refractivity contribution is -0.118. The van der Waals surface area contributed by atoms with Crippen molar-refractivity contribution in [1.29, 1.82) is 0 Å². The number of oxime groups is 1. The number of amides is 1. The summed E-state index contributed by atoms with van der Waals surface area (Å²) in [6, 6.07) is 9.38. The van der Waals surface area contributed by atoms with E-state index in [0.717, 1.165) is 28.6 Å². The highest BCUT2D eigenvalue weighted by Gasteiger charge is 2.27. The van der Waals surface area contributed by atoms with Gasteiger partial charge in [-0.25, -0.2) is 13.8 Å². The van der Waals surface area contributed by atoms with Crippen LogP contribution in [0, 0.1) is 5.92 Å². The first-order chi connectivity index (χ1) is 16.4. The number of alkyl halides is 2. The van der Waals surface area contributed by atoms with Crippen LogP contribution in [0.2, 0.25) is 5.02 Å². The molecule has 2 N–H and O–H groups in total. The zero-order valence-electron chi connectivity index (χ0n) is 18.6. The third-order valence-corrected chi connectivity index (χ3v) is 6.13. The molecule has 34 heavy (non-hydrogen) atoms. The first-order valence-corrected chi connectivity index (χ1v) is 11.3. The fourth-order valence-corrected chi connectivity index (χ4v) is 4.30. The van der Waals surface area contributed by atoms with Gasteiger partial charge in [-0.1, -0.05) is 35.8 Å². The van der Waals surface area contributed by atoms with Crippen molar-refractivity contribution in [1.82, 2.24) is 9.55 Å². The van der Waals surface area contributed by atoms with E-state index in [-0.39, 0.29) is 23.4 Å². The summed E-state index contributed by atoms with van der Waals surface area (Å²) in [5.74, 6) is -0.347. The molecule has 0 saturated heterocycles. The lowest BCUT2D eigenvalue weighted by Gasteiger charge is -2.20. The Labute approximate surface area is 200 Å². The number of carbonyl (C=O) groups excluding carboxylic acids is 1. The van der Waals surface area contributed by atoms with Gasteiger partial charge in [0.05, 0.1) is 5.71 Å². The van der Waals surface area contributed by atoms with Crippen LogP contribution < -0.4 is 10.5 Å². The number of pyridine rings is 1. The van der Waals surface area contributed by atoms with Crippen molar-refractivity contribution >= 4 is 34.1 Å². The molecule has 7 nitrogen and oxygen atoms in total. The molecule has 0 aliphatic carbocycles. The van der Waals surface area contributed by atoms with Crippen molar-refractivity contribution in [2.45, 2.75) is 38.5 Å². The van der Waals surface area contributed by atoms with Crippen molar-refractivity contribution < 1.29 is 23.1 Å². The molecule has 0 saturated carbocycles. The number of carbonyl (C=O) groups is 1. The van der Waals surface area contributed by atoms with E-state index >= 15 is 0 Å². The molecule has 0 bridgehead atoms. The molecule has 0 spiro atoms. The van der Waals surface area contributed by atoms with Gasteiger partial charge in [-0.05, 0) is 31.0 Å². The highest BCUT2D eigenvalue weighted by Crippen LogP contribution is 2.36. The summed E-state index contributed by atoms with van der Waals surface area (Å²) in [7, 11) is 0. The molecule has 1 amide bonds. The van der Waals surface area contributed by atoms with E-state index in [9.17, 15) is 13.6 Å². The van der Waals surface area contributed by atoms with E-state index in [1.54, 1.807) is 10.6 Å². The van der Waals surface area contributed by atoms with Crippen molar-refractivity contribution in [2.75, 3.05) is 13.3 Å². The number of rotatable bonds is 8. The maximum atomic E-state index is 12.8. The van der Waals surface area contributed by atoms with Crippen molar-refractivity contribution in [3.8, 4) is 5.88 Å². The molecule has 2 atom stereocenters. The van der Waals surface area contributed by atoms with Gasteiger partial charge in [-0.3, -0.25) is 4.79 Å². The van der Waals surface area contributed by atoms with Crippen LogP contribution in [-0.4, -0.2) is 40.6 Å². The molecule has 3 heterocycles. The van der Waals surface area contributed by atoms with Crippen LogP contribution >= 0.6 is 11.6 Å². The van der Waals surface area contributed by atoms with Crippen LogP contribution in [0.4, 0.5) is 8.78 Å². The highest BCUT2D eigenvalue weighted by atomic mass is 35.5. The van der Waals surface area contributed by atoms with Gasteiger partial charge in [-0.2, -0.15) is 0 Å². The Hall–Kier alpha value is -3.20. The normalized spacial score (nSPS) is 18.4. The number of ether oxygens (including phenoxy) is 1. The maximum Gasteiger partial charge on any atom is 0.237 e. The van der Waals surface area contributed by atoms with Crippen LogP contribution in [0.1, 0.15) is 37.0 Å². The molecule has 10 heteroatoms. The predicted molar refractivity (Wildman–Crippen MR) is 126 cm³/mol. The molecule has 2 aromatic heterocycles. The average Bonchev–Trinajstić information content (AvgIpc) is 3.12. The molecular formula is C24H25ClF2N4O3. The van der Waals surface area contributed by atoms with Gasteiger partial charge in [0.2, 0.25) is 11.8 Å². The third-order valence-electron chi connectivity index (χ3n) is 5.86. The molecule has 0 radical (unpaired) electrons. The van der Waals surface area contributed by atoms with E-state index in [1.165, 1.54) is 6.20 Å². The zero-order chi connectivity index (χ0) is 24.2. The second-order valence-corrected chi connectivity index (χ2v) is 8.74. The second-order valence-electron chi connectivity index (χ2n) is 8.33. The quantitative estimate of drug-likeness (QED) is 0.493. The zero-order valence-corrected chi connectivity index (χ0v) is 19.3. The van der Waals surface area contributed by atoms with Gasteiger partial charge >= 0.3 is 0 Å². The Balaban J connectivity index is 1.59. The summed E-state index contributed by atoms with van der Waals surface area (Å²) in [6.07, 6.45) is 3.19.